The molecule has 1 aliphatic rings. The fraction of sp³-hybridized carbons (Fsp3) is 0.176. The molecule has 3 atom stereocenters. The number of benzene rings is 2. The highest BCUT2D eigenvalue weighted by Gasteiger charge is 2.72. The number of rotatable bonds is 4. The predicted molar refractivity (Wildman–Crippen MR) is 93.4 cm³/mol. The first-order valence-corrected chi connectivity index (χ1v) is 9.71. The Morgan fingerprint density at radius 1 is 1.12 bits per heavy atom. The van der Waals surface area contributed by atoms with Crippen molar-refractivity contribution in [3.8, 4) is 6.07 Å². The van der Waals surface area contributed by atoms with Gasteiger partial charge in [-0.05, 0) is 42.0 Å². The molecule has 122 valence electrons. The van der Waals surface area contributed by atoms with Crippen LogP contribution >= 0.6 is 27.5 Å². The summed E-state index contributed by atoms with van der Waals surface area (Å²) in [6.45, 7) is 0. The molecular weight excluding hydrogens is 414 g/mol. The molecule has 24 heavy (non-hydrogen) atoms. The van der Waals surface area contributed by atoms with Gasteiger partial charge >= 0.3 is 0 Å². The minimum Gasteiger partial charge on any atom is -0.302 e. The predicted octanol–water partition coefficient (Wildman–Crippen LogP) is 3.75. The van der Waals surface area contributed by atoms with Crippen molar-refractivity contribution in [3.63, 3.8) is 0 Å². The highest BCUT2D eigenvalue weighted by Crippen LogP contribution is 2.62. The van der Waals surface area contributed by atoms with Crippen LogP contribution in [0.5, 0.6) is 0 Å². The van der Waals surface area contributed by atoms with Gasteiger partial charge in [-0.1, -0.05) is 39.7 Å². The number of carbonyl (C=O) groups is 1. The molecule has 0 heterocycles. The summed E-state index contributed by atoms with van der Waals surface area (Å²) in [5.41, 5.74) is -0.916. The number of nitrogens with zero attached hydrogens (tertiary/aromatic N) is 1. The first-order valence-electron chi connectivity index (χ1n) is 6.99. The van der Waals surface area contributed by atoms with Gasteiger partial charge in [0.1, 0.15) is 17.0 Å². The zero-order valence-electron chi connectivity index (χ0n) is 12.2. The smallest absolute Gasteiger partial charge is 0.183 e. The highest BCUT2D eigenvalue weighted by molar-refractivity contribution is 9.10. The lowest BCUT2D eigenvalue weighted by atomic mass is 10.0. The molecule has 2 aromatic rings. The second-order valence-corrected chi connectivity index (χ2v) is 9.03. The topological polar surface area (TPSA) is 75.0 Å². The third kappa shape index (κ3) is 2.57. The van der Waals surface area contributed by atoms with Gasteiger partial charge in [0, 0.05) is 15.4 Å². The van der Waals surface area contributed by atoms with E-state index in [1.165, 1.54) is 24.3 Å². The fourth-order valence-electron chi connectivity index (χ4n) is 3.00. The van der Waals surface area contributed by atoms with Crippen molar-refractivity contribution in [2.75, 3.05) is 0 Å². The SMILES string of the molecule is N#C[C@@]1(C=O)[C@H](S(=O)(=O)c2ccc(Cl)cc2)[C@@H]1c1ccc(Br)cc1. The normalized spacial score (nSPS) is 25.7. The van der Waals surface area contributed by atoms with Crippen molar-refractivity contribution < 1.29 is 13.2 Å². The van der Waals surface area contributed by atoms with Crippen LogP contribution < -0.4 is 0 Å². The van der Waals surface area contributed by atoms with Crippen LogP contribution in [-0.4, -0.2) is 20.0 Å². The van der Waals surface area contributed by atoms with Crippen LogP contribution in [0, 0.1) is 16.7 Å². The summed E-state index contributed by atoms with van der Waals surface area (Å²) in [5, 5.41) is 8.80. The van der Waals surface area contributed by atoms with Gasteiger partial charge in [-0.3, -0.25) is 0 Å². The summed E-state index contributed by atoms with van der Waals surface area (Å²) in [7, 11) is -3.85. The Morgan fingerprint density at radius 2 is 1.71 bits per heavy atom. The summed E-state index contributed by atoms with van der Waals surface area (Å²) >= 11 is 9.11. The molecule has 2 aromatic carbocycles. The van der Waals surface area contributed by atoms with Crippen LogP contribution in [0.1, 0.15) is 11.5 Å². The van der Waals surface area contributed by atoms with Crippen molar-refractivity contribution in [1.29, 1.82) is 5.26 Å². The molecule has 4 nitrogen and oxygen atoms in total. The molecular formula is C17H11BrClNO3S. The number of aldehydes is 1. The Bertz CT molecular complexity index is 935. The molecule has 3 rings (SSSR count). The third-order valence-corrected chi connectivity index (χ3v) is 7.31. The molecule has 0 unspecified atom stereocenters. The first-order chi connectivity index (χ1) is 11.4. The second kappa shape index (κ2) is 5.99. The molecule has 1 saturated carbocycles. The van der Waals surface area contributed by atoms with Gasteiger partial charge in [0.05, 0.1) is 11.0 Å². The second-order valence-electron chi connectivity index (χ2n) is 5.61. The minimum absolute atomic E-state index is 0.0537. The van der Waals surface area contributed by atoms with Crippen molar-refractivity contribution in [3.05, 3.63) is 63.6 Å². The number of carbonyl (C=O) groups excluding carboxylic acids is 1. The van der Waals surface area contributed by atoms with Crippen LogP contribution in [0.25, 0.3) is 0 Å². The van der Waals surface area contributed by atoms with Gasteiger partial charge in [-0.15, -0.1) is 0 Å². The van der Waals surface area contributed by atoms with Gasteiger partial charge < -0.3 is 4.79 Å². The van der Waals surface area contributed by atoms with Crippen LogP contribution in [-0.2, 0) is 14.6 Å². The van der Waals surface area contributed by atoms with Gasteiger partial charge in [0.25, 0.3) is 0 Å². The summed E-state index contributed by atoms with van der Waals surface area (Å²) in [6, 6.07) is 14.6. The largest absolute Gasteiger partial charge is 0.302 e. The van der Waals surface area contributed by atoms with Crippen molar-refractivity contribution in [1.82, 2.24) is 0 Å². The lowest BCUT2D eigenvalue weighted by Crippen LogP contribution is -2.16. The van der Waals surface area contributed by atoms with Crippen molar-refractivity contribution in [2.45, 2.75) is 16.1 Å². The van der Waals surface area contributed by atoms with E-state index in [1.54, 1.807) is 24.3 Å². The van der Waals surface area contributed by atoms with E-state index >= 15 is 0 Å². The molecule has 0 aliphatic heterocycles. The Balaban J connectivity index is 2.08. The quantitative estimate of drug-likeness (QED) is 0.701. The number of nitriles is 1. The zero-order valence-corrected chi connectivity index (χ0v) is 15.3. The van der Waals surface area contributed by atoms with Crippen LogP contribution in [0.4, 0.5) is 0 Å². The summed E-state index contributed by atoms with van der Waals surface area (Å²) in [4.78, 5) is 11.6. The lowest BCUT2D eigenvalue weighted by Gasteiger charge is -2.04. The molecule has 1 fully saturated rings. The molecule has 0 spiro atoms. The van der Waals surface area contributed by atoms with E-state index in [1.807, 2.05) is 6.07 Å². The number of halogens is 2. The molecule has 0 saturated heterocycles. The van der Waals surface area contributed by atoms with Gasteiger partial charge in [0.2, 0.25) is 0 Å². The minimum atomic E-state index is -3.85. The van der Waals surface area contributed by atoms with E-state index in [0.29, 0.717) is 16.9 Å². The van der Waals surface area contributed by atoms with E-state index in [0.717, 1.165) is 4.47 Å². The van der Waals surface area contributed by atoms with E-state index in [4.69, 9.17) is 11.6 Å². The molecule has 7 heteroatoms. The molecule has 0 amide bonds. The third-order valence-electron chi connectivity index (χ3n) is 4.27. The van der Waals surface area contributed by atoms with Gasteiger partial charge in [-0.25, -0.2) is 8.42 Å². The van der Waals surface area contributed by atoms with Gasteiger partial charge in [0.15, 0.2) is 9.84 Å². The monoisotopic (exact) mass is 423 g/mol. The lowest BCUT2D eigenvalue weighted by molar-refractivity contribution is -0.110. The summed E-state index contributed by atoms with van der Waals surface area (Å²) in [5.74, 6) is -0.686. The molecule has 0 bridgehead atoms. The van der Waals surface area contributed by atoms with E-state index in [-0.39, 0.29) is 4.90 Å². The molecule has 0 N–H and O–H groups in total. The van der Waals surface area contributed by atoms with E-state index in [2.05, 4.69) is 15.9 Å². The number of sulfone groups is 1. The van der Waals surface area contributed by atoms with Crippen LogP contribution in [0.3, 0.4) is 0 Å². The first kappa shape index (κ1) is 17.2. The number of hydrogen-bond donors (Lipinski definition) is 0. The average Bonchev–Trinajstić information content (AvgIpc) is 3.26. The Hall–Kier alpha value is -1.68. The fourth-order valence-corrected chi connectivity index (χ4v) is 5.63. The van der Waals surface area contributed by atoms with E-state index in [9.17, 15) is 18.5 Å². The maximum absolute atomic E-state index is 12.9. The summed E-state index contributed by atoms with van der Waals surface area (Å²) < 4.78 is 26.7. The van der Waals surface area contributed by atoms with Crippen LogP contribution in [0.15, 0.2) is 57.9 Å². The molecule has 1 aliphatic carbocycles. The Labute approximate surface area is 153 Å². The molecule has 0 radical (unpaired) electrons. The van der Waals surface area contributed by atoms with Crippen molar-refractivity contribution >= 4 is 43.7 Å². The molecule has 0 aromatic heterocycles. The maximum atomic E-state index is 12.9. The maximum Gasteiger partial charge on any atom is 0.183 e. The number of hydrogen-bond acceptors (Lipinski definition) is 4. The summed E-state index contributed by atoms with van der Waals surface area (Å²) in [6.07, 6.45) is 0.456. The Kier molecular flexibility index (Phi) is 4.28. The highest BCUT2D eigenvalue weighted by atomic mass is 79.9. The Morgan fingerprint density at radius 3 is 2.21 bits per heavy atom. The van der Waals surface area contributed by atoms with Crippen LogP contribution in [0.2, 0.25) is 5.02 Å². The zero-order chi connectivity index (χ0) is 17.5. The van der Waals surface area contributed by atoms with Gasteiger partial charge in [-0.2, -0.15) is 5.26 Å². The average molecular weight is 425 g/mol. The standard InChI is InChI=1S/C17H11BrClNO3S/c18-12-3-1-11(2-4-12)15-16(17(15,9-20)10-21)24(22,23)14-7-5-13(19)6-8-14/h1-8,10,15-16H/t15-,16+,17-/m0/s1. The van der Waals surface area contributed by atoms with E-state index < -0.39 is 26.4 Å². The van der Waals surface area contributed by atoms with Crippen molar-refractivity contribution in [2.24, 2.45) is 5.41 Å².